The molecule has 0 aliphatic heterocycles. The second-order valence-corrected chi connectivity index (χ2v) is 5.71. The molecule has 0 heterocycles. The van der Waals surface area contributed by atoms with Gasteiger partial charge in [-0.25, -0.2) is 0 Å². The summed E-state index contributed by atoms with van der Waals surface area (Å²) >= 11 is 5.94. The van der Waals surface area contributed by atoms with Gasteiger partial charge < -0.3 is 14.8 Å². The van der Waals surface area contributed by atoms with Crippen molar-refractivity contribution in [2.24, 2.45) is 0 Å². The fraction of sp³-hybridized carbons (Fsp3) is 0.316. The summed E-state index contributed by atoms with van der Waals surface area (Å²) in [6, 6.07) is 14.7. The standard InChI is InChI=1S/C19H22ClNO3/c1-3-18(24-17-10-6-8-15(20)12-17)19(22)21-13-14-7-5-9-16(11-14)23-4-2/h5-12,18H,3-4,13H2,1-2H3,(H,21,22)/t18-/m0/s1. The molecule has 5 heteroatoms. The van der Waals surface area contributed by atoms with Gasteiger partial charge in [-0.3, -0.25) is 4.79 Å². The Morgan fingerprint density at radius 3 is 2.58 bits per heavy atom. The molecule has 24 heavy (non-hydrogen) atoms. The van der Waals surface area contributed by atoms with Gasteiger partial charge in [0.15, 0.2) is 6.10 Å². The van der Waals surface area contributed by atoms with Crippen LogP contribution in [0.3, 0.4) is 0 Å². The first-order valence-electron chi connectivity index (χ1n) is 8.04. The fourth-order valence-electron chi connectivity index (χ4n) is 2.24. The van der Waals surface area contributed by atoms with Gasteiger partial charge in [0.25, 0.3) is 5.91 Å². The summed E-state index contributed by atoms with van der Waals surface area (Å²) < 4.78 is 11.2. The fourth-order valence-corrected chi connectivity index (χ4v) is 2.42. The highest BCUT2D eigenvalue weighted by molar-refractivity contribution is 6.30. The lowest BCUT2D eigenvalue weighted by atomic mass is 10.2. The molecular weight excluding hydrogens is 326 g/mol. The lowest BCUT2D eigenvalue weighted by molar-refractivity contribution is -0.128. The second-order valence-electron chi connectivity index (χ2n) is 5.27. The number of nitrogens with one attached hydrogen (secondary N) is 1. The molecule has 0 bridgehead atoms. The molecule has 0 aliphatic carbocycles. The Labute approximate surface area is 147 Å². The molecular formula is C19H22ClNO3. The van der Waals surface area contributed by atoms with E-state index in [1.807, 2.05) is 38.1 Å². The molecule has 0 saturated heterocycles. The van der Waals surface area contributed by atoms with E-state index >= 15 is 0 Å². The van der Waals surface area contributed by atoms with Gasteiger partial charge in [0, 0.05) is 11.6 Å². The zero-order chi connectivity index (χ0) is 17.4. The van der Waals surface area contributed by atoms with E-state index in [0.717, 1.165) is 11.3 Å². The van der Waals surface area contributed by atoms with Crippen LogP contribution < -0.4 is 14.8 Å². The smallest absolute Gasteiger partial charge is 0.261 e. The van der Waals surface area contributed by atoms with Crippen LogP contribution >= 0.6 is 11.6 Å². The minimum Gasteiger partial charge on any atom is -0.494 e. The van der Waals surface area contributed by atoms with E-state index in [9.17, 15) is 4.79 Å². The van der Waals surface area contributed by atoms with Crippen molar-refractivity contribution in [3.05, 3.63) is 59.1 Å². The maximum absolute atomic E-state index is 12.3. The summed E-state index contributed by atoms with van der Waals surface area (Å²) in [6.45, 7) is 4.88. The predicted molar refractivity (Wildman–Crippen MR) is 95.6 cm³/mol. The van der Waals surface area contributed by atoms with Crippen LogP contribution in [0.15, 0.2) is 48.5 Å². The molecule has 1 atom stereocenters. The van der Waals surface area contributed by atoms with Gasteiger partial charge in [-0.1, -0.05) is 36.7 Å². The molecule has 2 aromatic carbocycles. The zero-order valence-electron chi connectivity index (χ0n) is 13.9. The maximum Gasteiger partial charge on any atom is 0.261 e. The minimum atomic E-state index is -0.557. The van der Waals surface area contributed by atoms with Gasteiger partial charge in [0.2, 0.25) is 0 Å². The molecule has 0 unspecified atom stereocenters. The Kier molecular flexibility index (Phi) is 6.94. The van der Waals surface area contributed by atoms with E-state index in [4.69, 9.17) is 21.1 Å². The summed E-state index contributed by atoms with van der Waals surface area (Å²) in [6.07, 6.45) is 0.00989. The Morgan fingerprint density at radius 2 is 1.88 bits per heavy atom. The third-order valence-electron chi connectivity index (χ3n) is 3.41. The van der Waals surface area contributed by atoms with E-state index in [-0.39, 0.29) is 5.91 Å². The first kappa shape index (κ1) is 18.1. The molecule has 2 rings (SSSR count). The van der Waals surface area contributed by atoms with Crippen molar-refractivity contribution in [1.29, 1.82) is 0 Å². The summed E-state index contributed by atoms with van der Waals surface area (Å²) in [4.78, 5) is 12.3. The first-order valence-corrected chi connectivity index (χ1v) is 8.41. The number of carbonyl (C=O) groups is 1. The topological polar surface area (TPSA) is 47.6 Å². The highest BCUT2D eigenvalue weighted by atomic mass is 35.5. The average Bonchev–Trinajstić information content (AvgIpc) is 2.58. The number of rotatable bonds is 8. The average molecular weight is 348 g/mol. The van der Waals surface area contributed by atoms with Gasteiger partial charge in [-0.2, -0.15) is 0 Å². The summed E-state index contributed by atoms with van der Waals surface area (Å²) in [5.41, 5.74) is 0.979. The molecule has 0 fully saturated rings. The Balaban J connectivity index is 1.93. The van der Waals surface area contributed by atoms with Crippen LogP contribution in [0.2, 0.25) is 5.02 Å². The molecule has 0 aromatic heterocycles. The van der Waals surface area contributed by atoms with Crippen LogP contribution in [0.5, 0.6) is 11.5 Å². The molecule has 2 aromatic rings. The van der Waals surface area contributed by atoms with Crippen LogP contribution in [-0.2, 0) is 11.3 Å². The van der Waals surface area contributed by atoms with Gasteiger partial charge in [0.05, 0.1) is 6.61 Å². The Hall–Kier alpha value is -2.20. The van der Waals surface area contributed by atoms with Gasteiger partial charge in [0.1, 0.15) is 11.5 Å². The van der Waals surface area contributed by atoms with Crippen LogP contribution in [0.1, 0.15) is 25.8 Å². The number of amides is 1. The zero-order valence-corrected chi connectivity index (χ0v) is 14.7. The molecule has 0 radical (unpaired) electrons. The maximum atomic E-state index is 12.3. The van der Waals surface area contributed by atoms with E-state index in [1.165, 1.54) is 0 Å². The van der Waals surface area contributed by atoms with E-state index < -0.39 is 6.10 Å². The lowest BCUT2D eigenvalue weighted by Gasteiger charge is -2.17. The van der Waals surface area contributed by atoms with Crippen molar-refractivity contribution in [3.63, 3.8) is 0 Å². The molecule has 0 spiro atoms. The summed E-state index contributed by atoms with van der Waals surface area (Å²) in [7, 11) is 0. The Morgan fingerprint density at radius 1 is 1.12 bits per heavy atom. The summed E-state index contributed by atoms with van der Waals surface area (Å²) in [5, 5.41) is 3.48. The van der Waals surface area contributed by atoms with Crippen molar-refractivity contribution in [2.75, 3.05) is 6.61 Å². The van der Waals surface area contributed by atoms with E-state index in [0.29, 0.717) is 30.3 Å². The van der Waals surface area contributed by atoms with Crippen LogP contribution in [0.4, 0.5) is 0 Å². The highest BCUT2D eigenvalue weighted by Gasteiger charge is 2.18. The van der Waals surface area contributed by atoms with E-state index in [2.05, 4.69) is 5.32 Å². The molecule has 128 valence electrons. The van der Waals surface area contributed by atoms with Crippen LogP contribution in [-0.4, -0.2) is 18.6 Å². The third kappa shape index (κ3) is 5.46. The number of carbonyl (C=O) groups excluding carboxylic acids is 1. The summed E-state index contributed by atoms with van der Waals surface area (Å²) in [5.74, 6) is 1.23. The third-order valence-corrected chi connectivity index (χ3v) is 3.65. The Bertz CT molecular complexity index is 675. The van der Waals surface area contributed by atoms with Crippen LogP contribution in [0.25, 0.3) is 0 Å². The molecule has 0 aliphatic rings. The predicted octanol–water partition coefficient (Wildman–Crippen LogP) is 4.21. The highest BCUT2D eigenvalue weighted by Crippen LogP contribution is 2.19. The van der Waals surface area contributed by atoms with Crippen molar-refractivity contribution in [1.82, 2.24) is 5.32 Å². The number of hydrogen-bond acceptors (Lipinski definition) is 3. The van der Waals surface area contributed by atoms with E-state index in [1.54, 1.807) is 24.3 Å². The molecule has 1 N–H and O–H groups in total. The normalized spacial score (nSPS) is 11.6. The van der Waals surface area contributed by atoms with Crippen molar-refractivity contribution < 1.29 is 14.3 Å². The van der Waals surface area contributed by atoms with Gasteiger partial charge >= 0.3 is 0 Å². The second kappa shape index (κ2) is 9.18. The van der Waals surface area contributed by atoms with Crippen molar-refractivity contribution >= 4 is 17.5 Å². The number of ether oxygens (including phenoxy) is 2. The number of benzene rings is 2. The number of hydrogen-bond donors (Lipinski definition) is 1. The van der Waals surface area contributed by atoms with Crippen LogP contribution in [0, 0.1) is 0 Å². The van der Waals surface area contributed by atoms with Crippen molar-refractivity contribution in [2.45, 2.75) is 32.9 Å². The number of halogens is 1. The SMILES string of the molecule is CCOc1cccc(CNC(=O)[C@H](CC)Oc2cccc(Cl)c2)c1. The quantitative estimate of drug-likeness (QED) is 0.778. The monoisotopic (exact) mass is 347 g/mol. The largest absolute Gasteiger partial charge is 0.494 e. The van der Waals surface area contributed by atoms with Crippen molar-refractivity contribution in [3.8, 4) is 11.5 Å². The molecule has 1 amide bonds. The first-order chi connectivity index (χ1) is 11.6. The molecule has 4 nitrogen and oxygen atoms in total. The molecule has 0 saturated carbocycles. The van der Waals surface area contributed by atoms with Gasteiger partial charge in [-0.05, 0) is 49.2 Å². The minimum absolute atomic E-state index is 0.153. The van der Waals surface area contributed by atoms with Gasteiger partial charge in [-0.15, -0.1) is 0 Å². The lowest BCUT2D eigenvalue weighted by Crippen LogP contribution is -2.37.